The predicted molar refractivity (Wildman–Crippen MR) is 63.6 cm³/mol. The minimum absolute atomic E-state index is 0.0427. The van der Waals surface area contributed by atoms with Gasteiger partial charge < -0.3 is 19.9 Å². The van der Waals surface area contributed by atoms with Gasteiger partial charge in [-0.25, -0.2) is 0 Å². The van der Waals surface area contributed by atoms with Crippen LogP contribution in [0.4, 0.5) is 8.78 Å². The van der Waals surface area contributed by atoms with E-state index in [4.69, 9.17) is 9.84 Å². The second-order valence-corrected chi connectivity index (χ2v) is 3.59. The summed E-state index contributed by atoms with van der Waals surface area (Å²) in [5.74, 6) is -0.807. The third-order valence-corrected chi connectivity index (χ3v) is 2.13. The molecular formula is C12H15F2NO4. The van der Waals surface area contributed by atoms with Gasteiger partial charge in [0.25, 0.3) is 0 Å². The second kappa shape index (κ2) is 7.52. The molecule has 0 heterocycles. The van der Waals surface area contributed by atoms with Crippen molar-refractivity contribution in [1.82, 2.24) is 5.32 Å². The fraction of sp³-hybridized carbons (Fsp3) is 0.417. The number of hydrogen-bond donors (Lipinski definition) is 2. The van der Waals surface area contributed by atoms with Gasteiger partial charge in [-0.15, -0.1) is 0 Å². The van der Waals surface area contributed by atoms with E-state index in [2.05, 4.69) is 10.1 Å². The summed E-state index contributed by atoms with van der Waals surface area (Å²) in [6.45, 7) is -0.775. The summed E-state index contributed by atoms with van der Waals surface area (Å²) in [5, 5.41) is 11.2. The van der Waals surface area contributed by atoms with E-state index in [1.54, 1.807) is 13.0 Å². The normalized spacial score (nSPS) is 10.5. The summed E-state index contributed by atoms with van der Waals surface area (Å²) in [4.78, 5) is 10.3. The quantitative estimate of drug-likeness (QED) is 0.758. The Morgan fingerprint density at radius 1 is 1.42 bits per heavy atom. The largest absolute Gasteiger partial charge is 0.490 e. The van der Waals surface area contributed by atoms with Gasteiger partial charge in [-0.05, 0) is 24.6 Å². The maximum atomic E-state index is 12.2. The zero-order chi connectivity index (χ0) is 14.3. The average molecular weight is 275 g/mol. The number of nitrogens with one attached hydrogen (secondary N) is 1. The fourth-order valence-corrected chi connectivity index (χ4v) is 1.44. The number of hydrogen-bond acceptors (Lipinski definition) is 4. The topological polar surface area (TPSA) is 67.8 Å². The van der Waals surface area contributed by atoms with Crippen LogP contribution in [0.1, 0.15) is 12.5 Å². The first kappa shape index (κ1) is 15.2. The number of rotatable bonds is 8. The number of aliphatic carboxylic acids is 1. The van der Waals surface area contributed by atoms with Gasteiger partial charge in [-0.2, -0.15) is 8.78 Å². The van der Waals surface area contributed by atoms with E-state index in [9.17, 15) is 13.6 Å². The first-order chi connectivity index (χ1) is 9.02. The molecule has 0 fully saturated rings. The Balaban J connectivity index is 2.74. The molecule has 0 aliphatic carbocycles. The van der Waals surface area contributed by atoms with Crippen LogP contribution in [0.15, 0.2) is 18.2 Å². The Morgan fingerprint density at radius 3 is 2.74 bits per heavy atom. The van der Waals surface area contributed by atoms with Crippen LogP contribution in [0.5, 0.6) is 11.5 Å². The van der Waals surface area contributed by atoms with Crippen molar-refractivity contribution in [1.29, 1.82) is 0 Å². The molecular weight excluding hydrogens is 260 g/mol. The first-order valence-corrected chi connectivity index (χ1v) is 5.66. The highest BCUT2D eigenvalue weighted by molar-refractivity contribution is 5.69. The van der Waals surface area contributed by atoms with Crippen LogP contribution in [0.3, 0.4) is 0 Å². The van der Waals surface area contributed by atoms with Crippen LogP contribution < -0.4 is 14.8 Å². The monoisotopic (exact) mass is 275 g/mol. The standard InChI is InChI=1S/C12H15F2NO4/c1-2-18-10-5-8(6-15-7-11(16)17)3-4-9(10)19-12(13)14/h3-5,12,15H,2,6-7H2,1H3,(H,16,17). The number of alkyl halides is 2. The van der Waals surface area contributed by atoms with Crippen molar-refractivity contribution in [3.05, 3.63) is 23.8 Å². The molecule has 7 heteroatoms. The Bertz CT molecular complexity index is 426. The molecule has 0 unspecified atom stereocenters. The van der Waals surface area contributed by atoms with Crippen molar-refractivity contribution < 1.29 is 28.2 Å². The molecule has 0 aliphatic heterocycles. The highest BCUT2D eigenvalue weighted by Crippen LogP contribution is 2.29. The lowest BCUT2D eigenvalue weighted by Crippen LogP contribution is -2.21. The lowest BCUT2D eigenvalue weighted by molar-refractivity contribution is -0.136. The van der Waals surface area contributed by atoms with E-state index in [0.29, 0.717) is 18.7 Å². The summed E-state index contributed by atoms with van der Waals surface area (Å²) in [6.07, 6.45) is 0. The molecule has 1 aromatic carbocycles. The van der Waals surface area contributed by atoms with Gasteiger partial charge in [0.15, 0.2) is 11.5 Å². The highest BCUT2D eigenvalue weighted by Gasteiger charge is 2.11. The van der Waals surface area contributed by atoms with Crippen LogP contribution >= 0.6 is 0 Å². The maximum Gasteiger partial charge on any atom is 0.387 e. The van der Waals surface area contributed by atoms with Crippen molar-refractivity contribution in [2.24, 2.45) is 0 Å². The highest BCUT2D eigenvalue weighted by atomic mass is 19.3. The van der Waals surface area contributed by atoms with Crippen molar-refractivity contribution in [3.63, 3.8) is 0 Å². The zero-order valence-corrected chi connectivity index (χ0v) is 10.4. The van der Waals surface area contributed by atoms with Gasteiger partial charge >= 0.3 is 12.6 Å². The van der Waals surface area contributed by atoms with E-state index in [-0.39, 0.29) is 18.0 Å². The Labute approximate surface area is 109 Å². The average Bonchev–Trinajstić information content (AvgIpc) is 2.31. The Hall–Kier alpha value is -1.89. The van der Waals surface area contributed by atoms with Crippen molar-refractivity contribution >= 4 is 5.97 Å². The number of benzene rings is 1. The van der Waals surface area contributed by atoms with E-state index in [1.165, 1.54) is 12.1 Å². The molecule has 0 saturated heterocycles. The number of carbonyl (C=O) groups is 1. The molecule has 0 atom stereocenters. The second-order valence-electron chi connectivity index (χ2n) is 3.59. The van der Waals surface area contributed by atoms with Crippen molar-refractivity contribution in [2.45, 2.75) is 20.1 Å². The molecule has 2 N–H and O–H groups in total. The van der Waals surface area contributed by atoms with Crippen LogP contribution in [0.2, 0.25) is 0 Å². The minimum atomic E-state index is -2.92. The summed E-state index contributed by atoms with van der Waals surface area (Å²) in [7, 11) is 0. The molecule has 0 bridgehead atoms. The molecule has 0 radical (unpaired) electrons. The van der Waals surface area contributed by atoms with E-state index in [0.717, 1.165) is 0 Å². The van der Waals surface area contributed by atoms with Crippen molar-refractivity contribution in [2.75, 3.05) is 13.2 Å². The molecule has 5 nitrogen and oxygen atoms in total. The number of ether oxygens (including phenoxy) is 2. The van der Waals surface area contributed by atoms with Gasteiger partial charge in [0.2, 0.25) is 0 Å². The van der Waals surface area contributed by atoms with Crippen LogP contribution in [0, 0.1) is 0 Å². The smallest absolute Gasteiger partial charge is 0.387 e. The fourth-order valence-electron chi connectivity index (χ4n) is 1.44. The van der Waals surface area contributed by atoms with Gasteiger partial charge in [0.1, 0.15) is 0 Å². The third kappa shape index (κ3) is 5.52. The molecule has 0 amide bonds. The van der Waals surface area contributed by atoms with Gasteiger partial charge in [0, 0.05) is 6.54 Å². The van der Waals surface area contributed by atoms with Crippen molar-refractivity contribution in [3.8, 4) is 11.5 Å². The molecule has 19 heavy (non-hydrogen) atoms. The molecule has 0 spiro atoms. The molecule has 0 saturated carbocycles. The molecule has 0 aliphatic rings. The van der Waals surface area contributed by atoms with E-state index < -0.39 is 12.6 Å². The molecule has 1 aromatic rings. The molecule has 0 aromatic heterocycles. The summed E-state index contributed by atoms with van der Waals surface area (Å²) in [6, 6.07) is 4.47. The maximum absolute atomic E-state index is 12.2. The summed E-state index contributed by atoms with van der Waals surface area (Å²) in [5.41, 5.74) is 0.714. The first-order valence-electron chi connectivity index (χ1n) is 5.66. The minimum Gasteiger partial charge on any atom is -0.490 e. The zero-order valence-electron chi connectivity index (χ0n) is 10.4. The number of carboxylic acid groups (broad SMARTS) is 1. The van der Waals surface area contributed by atoms with Crippen LogP contribution in [-0.4, -0.2) is 30.8 Å². The van der Waals surface area contributed by atoms with E-state index >= 15 is 0 Å². The lowest BCUT2D eigenvalue weighted by Gasteiger charge is -2.12. The van der Waals surface area contributed by atoms with Crippen LogP contribution in [0.25, 0.3) is 0 Å². The van der Waals surface area contributed by atoms with Gasteiger partial charge in [0.05, 0.1) is 13.2 Å². The molecule has 1 rings (SSSR count). The summed E-state index contributed by atoms with van der Waals surface area (Å²) < 4.78 is 33.9. The third-order valence-electron chi connectivity index (χ3n) is 2.13. The Kier molecular flexibility index (Phi) is 6.01. The Morgan fingerprint density at radius 2 is 2.16 bits per heavy atom. The van der Waals surface area contributed by atoms with Crippen LogP contribution in [-0.2, 0) is 11.3 Å². The number of carboxylic acids is 1. The summed E-state index contributed by atoms with van der Waals surface area (Å²) >= 11 is 0. The lowest BCUT2D eigenvalue weighted by atomic mass is 10.2. The predicted octanol–water partition coefficient (Wildman–Crippen LogP) is 1.86. The SMILES string of the molecule is CCOc1cc(CNCC(=O)O)ccc1OC(F)F. The van der Waals surface area contributed by atoms with Gasteiger partial charge in [-0.3, -0.25) is 4.79 Å². The molecule has 106 valence electrons. The number of halogens is 2. The van der Waals surface area contributed by atoms with E-state index in [1.807, 2.05) is 0 Å². The van der Waals surface area contributed by atoms with Gasteiger partial charge in [-0.1, -0.05) is 6.07 Å².